The largest absolute Gasteiger partial charge is 0.495 e. The predicted molar refractivity (Wildman–Crippen MR) is 91.0 cm³/mol. The molecule has 0 aliphatic rings. The van der Waals surface area contributed by atoms with Gasteiger partial charge < -0.3 is 10.1 Å². The summed E-state index contributed by atoms with van der Waals surface area (Å²) in [5, 5.41) is 7.52. The number of nitrogens with one attached hydrogen (secondary N) is 1. The Bertz CT molecular complexity index is 951. The van der Waals surface area contributed by atoms with Crippen LogP contribution in [0.15, 0.2) is 18.2 Å². The van der Waals surface area contributed by atoms with Gasteiger partial charge in [-0.1, -0.05) is 11.6 Å². The van der Waals surface area contributed by atoms with Gasteiger partial charge in [-0.2, -0.15) is 4.98 Å². The van der Waals surface area contributed by atoms with Crippen LogP contribution in [0.3, 0.4) is 0 Å². The van der Waals surface area contributed by atoms with Gasteiger partial charge in [0.05, 0.1) is 12.8 Å². The van der Waals surface area contributed by atoms with Crippen LogP contribution < -0.4 is 10.1 Å². The molecular weight excluding hydrogens is 330 g/mol. The van der Waals surface area contributed by atoms with Gasteiger partial charge >= 0.3 is 0 Å². The average Bonchev–Trinajstić information content (AvgIpc) is 2.95. The Morgan fingerprint density at radius 3 is 2.67 bits per heavy atom. The SMILES string of the molecule is COc1cc(Cl)c(C)cc1NC(=O)c1nc2nc(C)cc(C)n2n1. The zero-order valence-corrected chi connectivity index (χ0v) is 14.5. The van der Waals surface area contributed by atoms with E-state index in [1.165, 1.54) is 11.6 Å². The molecule has 0 saturated carbocycles. The van der Waals surface area contributed by atoms with Crippen molar-refractivity contribution in [1.29, 1.82) is 0 Å². The Balaban J connectivity index is 1.96. The number of carbonyl (C=O) groups is 1. The van der Waals surface area contributed by atoms with E-state index in [2.05, 4.69) is 20.4 Å². The molecule has 0 aliphatic heterocycles. The maximum absolute atomic E-state index is 12.5. The van der Waals surface area contributed by atoms with E-state index in [0.717, 1.165) is 17.0 Å². The predicted octanol–water partition coefficient (Wildman–Crippen LogP) is 2.96. The summed E-state index contributed by atoms with van der Waals surface area (Å²) in [5.74, 6) is 0.438. The molecule has 0 unspecified atom stereocenters. The fourth-order valence-electron chi connectivity index (χ4n) is 2.37. The summed E-state index contributed by atoms with van der Waals surface area (Å²) in [4.78, 5) is 20.9. The van der Waals surface area contributed by atoms with E-state index in [9.17, 15) is 4.79 Å². The second-order valence-corrected chi connectivity index (χ2v) is 5.85. The third-order valence-electron chi connectivity index (χ3n) is 3.55. The van der Waals surface area contributed by atoms with Gasteiger partial charge in [0.2, 0.25) is 5.82 Å². The van der Waals surface area contributed by atoms with E-state index in [4.69, 9.17) is 16.3 Å². The molecule has 3 rings (SSSR count). The Morgan fingerprint density at radius 1 is 1.21 bits per heavy atom. The number of aryl methyl sites for hydroxylation is 3. The smallest absolute Gasteiger partial charge is 0.295 e. The van der Waals surface area contributed by atoms with Gasteiger partial charge in [0.25, 0.3) is 11.7 Å². The quantitative estimate of drug-likeness (QED) is 0.789. The van der Waals surface area contributed by atoms with E-state index in [1.807, 2.05) is 26.8 Å². The fraction of sp³-hybridized carbons (Fsp3) is 0.250. The topological polar surface area (TPSA) is 81.4 Å². The van der Waals surface area contributed by atoms with Crippen molar-refractivity contribution in [3.63, 3.8) is 0 Å². The zero-order chi connectivity index (χ0) is 17.4. The van der Waals surface area contributed by atoms with Gasteiger partial charge in [0, 0.05) is 22.5 Å². The molecule has 0 spiro atoms. The lowest BCUT2D eigenvalue weighted by Gasteiger charge is -2.11. The Morgan fingerprint density at radius 2 is 1.96 bits per heavy atom. The summed E-state index contributed by atoms with van der Waals surface area (Å²) >= 11 is 6.07. The van der Waals surface area contributed by atoms with E-state index in [1.54, 1.807) is 12.1 Å². The van der Waals surface area contributed by atoms with Crippen molar-refractivity contribution in [1.82, 2.24) is 19.6 Å². The number of benzene rings is 1. The summed E-state index contributed by atoms with van der Waals surface area (Å²) < 4.78 is 6.79. The van der Waals surface area contributed by atoms with Crippen molar-refractivity contribution >= 4 is 29.0 Å². The normalized spacial score (nSPS) is 10.9. The van der Waals surface area contributed by atoms with Crippen LogP contribution in [0.5, 0.6) is 5.75 Å². The number of fused-ring (bicyclic) bond motifs is 1. The molecule has 0 bridgehead atoms. The second kappa shape index (κ2) is 6.09. The minimum atomic E-state index is -0.447. The highest BCUT2D eigenvalue weighted by molar-refractivity contribution is 6.31. The van der Waals surface area contributed by atoms with Gasteiger partial charge in [0.15, 0.2) is 0 Å². The molecule has 1 aromatic carbocycles. The van der Waals surface area contributed by atoms with Crippen molar-refractivity contribution in [3.05, 3.63) is 46.0 Å². The number of carbonyl (C=O) groups excluding carboxylic acids is 1. The first-order chi connectivity index (χ1) is 11.4. The van der Waals surface area contributed by atoms with Crippen molar-refractivity contribution in [3.8, 4) is 5.75 Å². The molecule has 3 aromatic rings. The van der Waals surface area contributed by atoms with Crippen molar-refractivity contribution in [2.24, 2.45) is 0 Å². The maximum Gasteiger partial charge on any atom is 0.295 e. The highest BCUT2D eigenvalue weighted by Crippen LogP contribution is 2.31. The number of rotatable bonds is 3. The lowest BCUT2D eigenvalue weighted by molar-refractivity contribution is 0.101. The van der Waals surface area contributed by atoms with Crippen LogP contribution in [0.2, 0.25) is 5.02 Å². The summed E-state index contributed by atoms with van der Waals surface area (Å²) in [6.07, 6.45) is 0. The second-order valence-electron chi connectivity index (χ2n) is 5.44. The zero-order valence-electron chi connectivity index (χ0n) is 13.7. The van der Waals surface area contributed by atoms with Gasteiger partial charge in [-0.25, -0.2) is 9.50 Å². The number of aromatic nitrogens is 4. The number of hydrogen-bond donors (Lipinski definition) is 1. The summed E-state index contributed by atoms with van der Waals surface area (Å²) in [6.45, 7) is 5.59. The first kappa shape index (κ1) is 16.2. The van der Waals surface area contributed by atoms with Crippen LogP contribution >= 0.6 is 11.6 Å². The number of hydrogen-bond acceptors (Lipinski definition) is 5. The average molecular weight is 346 g/mol. The van der Waals surface area contributed by atoms with E-state index >= 15 is 0 Å². The molecular formula is C16H16ClN5O2. The third-order valence-corrected chi connectivity index (χ3v) is 3.96. The van der Waals surface area contributed by atoms with Gasteiger partial charge in [-0.15, -0.1) is 5.10 Å². The molecule has 1 N–H and O–H groups in total. The van der Waals surface area contributed by atoms with Crippen LogP contribution in [0.25, 0.3) is 5.78 Å². The summed E-state index contributed by atoms with van der Waals surface area (Å²) in [5.41, 5.74) is 2.99. The van der Waals surface area contributed by atoms with Gasteiger partial charge in [0.1, 0.15) is 5.75 Å². The highest BCUT2D eigenvalue weighted by Gasteiger charge is 2.17. The van der Waals surface area contributed by atoms with Crippen LogP contribution in [0, 0.1) is 20.8 Å². The maximum atomic E-state index is 12.5. The lowest BCUT2D eigenvalue weighted by Crippen LogP contribution is -2.15. The molecule has 0 atom stereocenters. The van der Waals surface area contributed by atoms with Crippen LogP contribution in [0.4, 0.5) is 5.69 Å². The highest BCUT2D eigenvalue weighted by atomic mass is 35.5. The molecule has 0 saturated heterocycles. The van der Waals surface area contributed by atoms with Crippen LogP contribution in [-0.4, -0.2) is 32.6 Å². The Labute approximate surface area is 143 Å². The Kier molecular flexibility index (Phi) is 4.11. The van der Waals surface area contributed by atoms with Crippen molar-refractivity contribution in [2.45, 2.75) is 20.8 Å². The lowest BCUT2D eigenvalue weighted by atomic mass is 10.2. The number of amides is 1. The van der Waals surface area contributed by atoms with Crippen molar-refractivity contribution < 1.29 is 9.53 Å². The molecule has 124 valence electrons. The van der Waals surface area contributed by atoms with Crippen molar-refractivity contribution in [2.75, 3.05) is 12.4 Å². The summed E-state index contributed by atoms with van der Waals surface area (Å²) in [7, 11) is 1.51. The number of nitrogens with zero attached hydrogens (tertiary/aromatic N) is 4. The molecule has 0 fully saturated rings. The minimum Gasteiger partial charge on any atom is -0.495 e. The molecule has 24 heavy (non-hydrogen) atoms. The van der Waals surface area contributed by atoms with Gasteiger partial charge in [-0.05, 0) is 38.5 Å². The molecule has 0 radical (unpaired) electrons. The molecule has 2 aromatic heterocycles. The first-order valence-electron chi connectivity index (χ1n) is 7.25. The van der Waals surface area contributed by atoms with Gasteiger partial charge in [-0.3, -0.25) is 4.79 Å². The third kappa shape index (κ3) is 2.90. The first-order valence-corrected chi connectivity index (χ1v) is 7.63. The summed E-state index contributed by atoms with van der Waals surface area (Å²) in [6, 6.07) is 5.26. The standard InChI is InChI=1S/C16H16ClN5O2/c1-8-5-12(13(24-4)7-11(8)17)19-15(23)14-20-16-18-9(2)6-10(3)22(16)21-14/h5-7H,1-4H3,(H,19,23). The molecule has 8 heteroatoms. The molecule has 7 nitrogen and oxygen atoms in total. The molecule has 0 aliphatic carbocycles. The van der Waals surface area contributed by atoms with Crippen LogP contribution in [-0.2, 0) is 0 Å². The molecule has 2 heterocycles. The van der Waals surface area contributed by atoms with E-state index in [-0.39, 0.29) is 5.82 Å². The minimum absolute atomic E-state index is 0.0332. The van der Waals surface area contributed by atoms with Crippen LogP contribution in [0.1, 0.15) is 27.6 Å². The number of halogens is 1. The number of anilines is 1. The van der Waals surface area contributed by atoms with E-state index < -0.39 is 5.91 Å². The number of methoxy groups -OCH3 is 1. The van der Waals surface area contributed by atoms with E-state index in [0.29, 0.717) is 22.2 Å². The fourth-order valence-corrected chi connectivity index (χ4v) is 2.52. The monoisotopic (exact) mass is 345 g/mol. The number of ether oxygens (including phenoxy) is 1. The Hall–Kier alpha value is -2.67. The molecule has 1 amide bonds.